The third kappa shape index (κ3) is 6.70. The van der Waals surface area contributed by atoms with E-state index in [9.17, 15) is 37.1 Å². The molecule has 2 aromatic carbocycles. The number of aliphatic carboxylic acids is 1. The number of hydrogen-bond donors (Lipinski definition) is 3. The Morgan fingerprint density at radius 2 is 1.96 bits per heavy atom. The Morgan fingerprint density at radius 1 is 1.17 bits per heavy atom. The highest BCUT2D eigenvalue weighted by molar-refractivity contribution is 5.96. The number of carboxylic acid groups (broad SMARTS) is 1. The minimum atomic E-state index is -4.81. The summed E-state index contributed by atoms with van der Waals surface area (Å²) in [5, 5.41) is 15.6. The van der Waals surface area contributed by atoms with E-state index in [-0.39, 0.29) is 31.5 Å². The molecule has 0 radical (unpaired) electrons. The number of ether oxygens (including phenoxy) is 1. The minimum absolute atomic E-state index is 0.0194. The fraction of sp³-hybridized carbons (Fsp3) is 0.471. The lowest BCUT2D eigenvalue weighted by Crippen LogP contribution is -2.55. The van der Waals surface area contributed by atoms with Gasteiger partial charge in [0, 0.05) is 24.6 Å². The molecule has 3 N–H and O–H groups in total. The standard InChI is InChI=1S/C34H37F4N5O5/c1-2-42-27-13-9-8-11-25(27)40-32(42)48-24-17-28-29(44)41-33(31(46)47)18-20(33)10-6-4-3-5-7-12-26(30(45)43(28)19-24)39-23-15-21(34(36,37)38)14-22(35)16-23/h6,8-11,13-16,20,24,26,28,39H,2-5,7,12,17-19H2,1H3,(H,41,44)(H,46,47)/t20-,24-,26+,28+,33-/m1/s1. The second-order valence-electron chi connectivity index (χ2n) is 12.7. The van der Waals surface area contributed by atoms with Crippen LogP contribution in [0.3, 0.4) is 0 Å². The van der Waals surface area contributed by atoms with E-state index in [1.54, 1.807) is 6.08 Å². The van der Waals surface area contributed by atoms with E-state index in [4.69, 9.17) is 4.74 Å². The Hall–Kier alpha value is -4.62. The summed E-state index contributed by atoms with van der Waals surface area (Å²) in [5.74, 6) is -3.96. The van der Waals surface area contributed by atoms with E-state index in [0.29, 0.717) is 43.4 Å². The van der Waals surface area contributed by atoms with Crippen molar-refractivity contribution in [3.8, 4) is 6.01 Å². The molecule has 6 rings (SSSR count). The number of allylic oxidation sites excluding steroid dienone is 1. The molecule has 1 saturated carbocycles. The van der Waals surface area contributed by atoms with Gasteiger partial charge in [0.15, 0.2) is 0 Å². The van der Waals surface area contributed by atoms with Crippen molar-refractivity contribution in [2.45, 2.75) is 88.3 Å². The smallest absolute Gasteiger partial charge is 0.416 e. The predicted octanol–water partition coefficient (Wildman–Crippen LogP) is 5.52. The van der Waals surface area contributed by atoms with Crippen LogP contribution in [-0.2, 0) is 27.1 Å². The maximum absolute atomic E-state index is 14.3. The Bertz CT molecular complexity index is 1740. The van der Waals surface area contributed by atoms with Gasteiger partial charge < -0.3 is 25.4 Å². The summed E-state index contributed by atoms with van der Waals surface area (Å²) in [7, 11) is 0. The molecule has 48 heavy (non-hydrogen) atoms. The SMILES string of the molecule is CCn1c(O[C@@H]2C[C@H]3C(=O)N[C@]4(C(=O)O)C[C@H]4C=CCCCCC[C@H](Nc4cc(F)cc(C(F)(F)F)c4)C(=O)N3C2)nc2ccccc21. The number of fused-ring (bicyclic) bond motifs is 3. The summed E-state index contributed by atoms with van der Waals surface area (Å²) >= 11 is 0. The predicted molar refractivity (Wildman–Crippen MR) is 168 cm³/mol. The number of hydrogen-bond acceptors (Lipinski definition) is 6. The van der Waals surface area contributed by atoms with Crippen LogP contribution in [0.1, 0.15) is 57.4 Å². The molecule has 14 heteroatoms. The first-order chi connectivity index (χ1) is 22.9. The van der Waals surface area contributed by atoms with Crippen molar-refractivity contribution in [1.82, 2.24) is 19.8 Å². The first-order valence-electron chi connectivity index (χ1n) is 16.2. The molecule has 3 heterocycles. The number of carbonyl (C=O) groups excluding carboxylic acids is 2. The van der Waals surface area contributed by atoms with Gasteiger partial charge in [0.05, 0.1) is 23.1 Å². The van der Waals surface area contributed by atoms with Gasteiger partial charge in [-0.15, -0.1) is 0 Å². The van der Waals surface area contributed by atoms with Crippen molar-refractivity contribution in [1.29, 1.82) is 0 Å². The molecule has 5 atom stereocenters. The number of benzene rings is 2. The van der Waals surface area contributed by atoms with Crippen LogP contribution in [0.5, 0.6) is 6.01 Å². The van der Waals surface area contributed by atoms with Crippen LogP contribution in [0.25, 0.3) is 11.0 Å². The van der Waals surface area contributed by atoms with Crippen LogP contribution in [0.2, 0.25) is 0 Å². The highest BCUT2D eigenvalue weighted by Crippen LogP contribution is 2.45. The number of halogens is 4. The molecular formula is C34H37F4N5O5. The van der Waals surface area contributed by atoms with Gasteiger partial charge in [-0.25, -0.2) is 9.18 Å². The van der Waals surface area contributed by atoms with Gasteiger partial charge in [0.2, 0.25) is 11.8 Å². The number of anilines is 1. The Balaban J connectivity index is 1.33. The molecule has 2 amide bonds. The van der Waals surface area contributed by atoms with Crippen molar-refractivity contribution in [3.05, 3.63) is 66.0 Å². The average molecular weight is 672 g/mol. The van der Waals surface area contributed by atoms with Gasteiger partial charge in [0.25, 0.3) is 6.01 Å². The third-order valence-corrected chi connectivity index (χ3v) is 9.39. The molecule has 1 saturated heterocycles. The van der Waals surface area contributed by atoms with E-state index in [0.717, 1.165) is 24.1 Å². The van der Waals surface area contributed by atoms with Crippen molar-refractivity contribution >= 4 is 34.5 Å². The second kappa shape index (κ2) is 13.1. The second-order valence-corrected chi connectivity index (χ2v) is 12.7. The molecular weight excluding hydrogens is 634 g/mol. The summed E-state index contributed by atoms with van der Waals surface area (Å²) in [4.78, 5) is 46.5. The number of nitrogens with one attached hydrogen (secondary N) is 2. The summed E-state index contributed by atoms with van der Waals surface area (Å²) < 4.78 is 63.0. The normalized spacial score (nSPS) is 26.6. The lowest BCUT2D eigenvalue weighted by Gasteiger charge is -2.30. The van der Waals surface area contributed by atoms with E-state index in [1.165, 1.54) is 4.90 Å². The Morgan fingerprint density at radius 3 is 2.71 bits per heavy atom. The topological polar surface area (TPSA) is 126 Å². The molecule has 2 fully saturated rings. The number of amides is 2. The van der Waals surface area contributed by atoms with Crippen LogP contribution >= 0.6 is 0 Å². The minimum Gasteiger partial charge on any atom is -0.479 e. The van der Waals surface area contributed by atoms with E-state index in [2.05, 4.69) is 15.6 Å². The van der Waals surface area contributed by atoms with Gasteiger partial charge >= 0.3 is 12.1 Å². The number of alkyl halides is 3. The average Bonchev–Trinajstić information content (AvgIpc) is 3.38. The van der Waals surface area contributed by atoms with Gasteiger partial charge in [-0.3, -0.25) is 14.2 Å². The maximum atomic E-state index is 14.3. The highest BCUT2D eigenvalue weighted by Gasteiger charge is 2.61. The molecule has 3 aromatic rings. The van der Waals surface area contributed by atoms with Gasteiger partial charge in [0.1, 0.15) is 29.5 Å². The van der Waals surface area contributed by atoms with Crippen LogP contribution in [0.15, 0.2) is 54.6 Å². The first kappa shape index (κ1) is 33.3. The highest BCUT2D eigenvalue weighted by atomic mass is 19.4. The lowest BCUT2D eigenvalue weighted by atomic mass is 10.0. The number of aromatic nitrogens is 2. The van der Waals surface area contributed by atoms with Gasteiger partial charge in [-0.2, -0.15) is 18.2 Å². The molecule has 1 aliphatic carbocycles. The molecule has 0 spiro atoms. The number of imidazole rings is 1. The fourth-order valence-corrected chi connectivity index (χ4v) is 6.78. The number of para-hydroxylation sites is 2. The van der Waals surface area contributed by atoms with Crippen molar-refractivity contribution in [2.75, 3.05) is 11.9 Å². The number of nitrogens with zero attached hydrogens (tertiary/aromatic N) is 3. The van der Waals surface area contributed by atoms with E-state index < -0.39 is 65.0 Å². The molecule has 0 unspecified atom stereocenters. The lowest BCUT2D eigenvalue weighted by molar-refractivity contribution is -0.145. The number of carbonyl (C=O) groups is 3. The summed E-state index contributed by atoms with van der Waals surface area (Å²) in [6.45, 7) is 2.39. The zero-order valence-electron chi connectivity index (χ0n) is 26.3. The maximum Gasteiger partial charge on any atom is 0.416 e. The summed E-state index contributed by atoms with van der Waals surface area (Å²) in [5.41, 5.74) is -1.40. The Labute approximate surface area is 274 Å². The quantitative estimate of drug-likeness (QED) is 0.233. The molecule has 1 aromatic heterocycles. The Kier molecular flexibility index (Phi) is 9.10. The monoisotopic (exact) mass is 671 g/mol. The molecule has 3 aliphatic rings. The van der Waals surface area contributed by atoms with Crippen LogP contribution in [0, 0.1) is 11.7 Å². The summed E-state index contributed by atoms with van der Waals surface area (Å²) in [6.07, 6.45) is 1.18. The van der Waals surface area contributed by atoms with Crippen molar-refractivity contribution in [3.63, 3.8) is 0 Å². The summed E-state index contributed by atoms with van der Waals surface area (Å²) in [6, 6.07) is 7.51. The molecule has 0 bridgehead atoms. The van der Waals surface area contributed by atoms with Gasteiger partial charge in [-0.1, -0.05) is 37.1 Å². The van der Waals surface area contributed by atoms with E-state index in [1.807, 2.05) is 41.8 Å². The first-order valence-corrected chi connectivity index (χ1v) is 16.2. The largest absolute Gasteiger partial charge is 0.479 e. The number of carboxylic acids is 1. The van der Waals surface area contributed by atoms with Crippen molar-refractivity contribution < 1.29 is 41.8 Å². The number of rotatable bonds is 6. The molecule has 10 nitrogen and oxygen atoms in total. The van der Waals surface area contributed by atoms with Crippen LogP contribution < -0.4 is 15.4 Å². The zero-order valence-corrected chi connectivity index (χ0v) is 26.3. The molecule has 256 valence electrons. The van der Waals surface area contributed by atoms with Crippen LogP contribution in [-0.4, -0.2) is 67.6 Å². The number of aryl methyl sites for hydroxylation is 1. The fourth-order valence-electron chi connectivity index (χ4n) is 6.78. The molecule has 2 aliphatic heterocycles. The third-order valence-electron chi connectivity index (χ3n) is 9.39. The van der Waals surface area contributed by atoms with E-state index >= 15 is 0 Å². The van der Waals surface area contributed by atoms with Crippen molar-refractivity contribution in [2.24, 2.45) is 5.92 Å². The van der Waals surface area contributed by atoms with Crippen LogP contribution in [0.4, 0.5) is 23.2 Å². The van der Waals surface area contributed by atoms with Gasteiger partial charge in [-0.05, 0) is 62.9 Å². The zero-order chi connectivity index (χ0) is 34.2.